The first-order chi connectivity index (χ1) is 26.8. The van der Waals surface area contributed by atoms with Crippen LogP contribution in [-0.4, -0.2) is 95.8 Å². The van der Waals surface area contributed by atoms with Crippen molar-refractivity contribution in [1.82, 2.24) is 26.1 Å². The highest BCUT2D eigenvalue weighted by molar-refractivity contribution is 5.93. The number of ether oxygens (including phenoxy) is 1. The molecule has 306 valence electrons. The zero-order valence-electron chi connectivity index (χ0n) is 33.9. The number of esters is 1. The summed E-state index contributed by atoms with van der Waals surface area (Å²) in [7, 11) is 2.88. The molecular weight excluding hydrogens is 714 g/mol. The van der Waals surface area contributed by atoms with Crippen LogP contribution in [0.5, 0.6) is 0 Å². The van der Waals surface area contributed by atoms with Crippen molar-refractivity contribution in [2.75, 3.05) is 20.7 Å². The maximum atomic E-state index is 14.3. The van der Waals surface area contributed by atoms with Gasteiger partial charge >= 0.3 is 5.97 Å². The minimum atomic E-state index is -1.03. The lowest BCUT2D eigenvalue weighted by Crippen LogP contribution is -2.62. The number of fused-ring (bicyclic) bond motifs is 2. The molecule has 2 aliphatic rings. The molecule has 4 N–H and O–H groups in total. The van der Waals surface area contributed by atoms with Gasteiger partial charge in [-0.15, -0.1) is 0 Å². The van der Waals surface area contributed by atoms with Gasteiger partial charge < -0.3 is 20.5 Å². The number of aliphatic hydroxyl groups is 1. The average molecular weight is 776 g/mol. The van der Waals surface area contributed by atoms with Gasteiger partial charge in [0.05, 0.1) is 19.1 Å². The summed E-state index contributed by atoms with van der Waals surface area (Å²) in [5.41, 5.74) is 4.55. The summed E-state index contributed by atoms with van der Waals surface area (Å²) in [6.45, 7) is 9.42. The first-order valence-corrected chi connectivity index (χ1v) is 19.5. The number of rotatable bonds is 9. The number of nitrogens with zero attached hydrogens (tertiary/aromatic N) is 2. The van der Waals surface area contributed by atoms with Crippen LogP contribution < -0.4 is 16.1 Å². The second-order valence-electron chi connectivity index (χ2n) is 14.7. The van der Waals surface area contributed by atoms with Crippen molar-refractivity contribution in [2.24, 2.45) is 17.8 Å². The van der Waals surface area contributed by atoms with Gasteiger partial charge in [0.1, 0.15) is 24.2 Å². The van der Waals surface area contributed by atoms with Crippen molar-refractivity contribution in [3.8, 4) is 0 Å². The Morgan fingerprint density at radius 2 is 1.77 bits per heavy atom. The first kappa shape index (κ1) is 45.5. The molecule has 0 spiro atoms. The molecule has 2 heterocycles. The molecule has 7 atom stereocenters. The molecule has 5 unspecified atom stereocenters. The van der Waals surface area contributed by atoms with Crippen molar-refractivity contribution in [3.05, 3.63) is 96.2 Å². The van der Waals surface area contributed by atoms with Crippen LogP contribution in [0.3, 0.4) is 0 Å². The van der Waals surface area contributed by atoms with E-state index >= 15 is 0 Å². The fourth-order valence-corrected chi connectivity index (χ4v) is 6.42. The molecule has 56 heavy (non-hydrogen) atoms. The smallest absolute Gasteiger partial charge is 0.325 e. The number of aliphatic hydroxyl groups excluding tert-OH is 1. The molecule has 1 aromatic rings. The number of amides is 4. The van der Waals surface area contributed by atoms with Crippen molar-refractivity contribution >= 4 is 29.6 Å². The van der Waals surface area contributed by atoms with Crippen LogP contribution in [0.1, 0.15) is 72.3 Å². The highest BCUT2D eigenvalue weighted by Gasteiger charge is 2.37. The van der Waals surface area contributed by atoms with Crippen molar-refractivity contribution in [2.45, 2.75) is 103 Å². The largest absolute Gasteiger partial charge is 0.456 e. The molecule has 13 heteroatoms. The molecular formula is C43H61N5O8. The molecule has 4 amide bonds. The van der Waals surface area contributed by atoms with Crippen LogP contribution in [0.25, 0.3) is 0 Å². The molecule has 1 aromatic carbocycles. The molecule has 0 radical (unpaired) electrons. The first-order valence-electron chi connectivity index (χ1n) is 19.5. The fraction of sp³-hybridized carbons (Fsp3) is 0.512. The Kier molecular flexibility index (Phi) is 18.9. The summed E-state index contributed by atoms with van der Waals surface area (Å²) < 4.78 is 6.05. The number of allylic oxidation sites excluding steroid dienone is 7. The number of hydrogen-bond acceptors (Lipinski definition) is 9. The summed E-state index contributed by atoms with van der Waals surface area (Å²) in [6.07, 6.45) is 16.1. The number of benzene rings is 1. The van der Waals surface area contributed by atoms with E-state index in [-0.39, 0.29) is 30.6 Å². The Bertz CT molecular complexity index is 1620. The van der Waals surface area contributed by atoms with Gasteiger partial charge in [0.2, 0.25) is 11.8 Å². The number of carbonyl (C=O) groups is 5. The third-order valence-electron chi connectivity index (χ3n) is 10.0. The van der Waals surface area contributed by atoms with Crippen molar-refractivity contribution in [3.63, 3.8) is 0 Å². The normalized spacial score (nSPS) is 27.9. The Morgan fingerprint density at radius 3 is 2.43 bits per heavy atom. The van der Waals surface area contributed by atoms with Crippen LogP contribution in [0.2, 0.25) is 0 Å². The van der Waals surface area contributed by atoms with Gasteiger partial charge in [-0.1, -0.05) is 99.7 Å². The van der Waals surface area contributed by atoms with Crippen LogP contribution in [-0.2, 0) is 40.0 Å². The van der Waals surface area contributed by atoms with E-state index in [1.54, 1.807) is 19.1 Å². The highest BCUT2D eigenvalue weighted by atomic mass is 16.7. The molecule has 0 aromatic heterocycles. The van der Waals surface area contributed by atoms with E-state index < -0.39 is 59.9 Å². The van der Waals surface area contributed by atoms with Crippen molar-refractivity contribution < 1.29 is 38.7 Å². The quantitative estimate of drug-likeness (QED) is 0.0943. The minimum Gasteiger partial charge on any atom is -0.456 e. The van der Waals surface area contributed by atoms with Gasteiger partial charge in [0.25, 0.3) is 11.8 Å². The van der Waals surface area contributed by atoms with E-state index in [4.69, 9.17) is 9.57 Å². The van der Waals surface area contributed by atoms with E-state index in [1.807, 2.05) is 94.5 Å². The Labute approximate surface area is 331 Å². The summed E-state index contributed by atoms with van der Waals surface area (Å²) in [5, 5.41) is 19.7. The maximum absolute atomic E-state index is 14.3. The molecule has 2 bridgehead atoms. The zero-order valence-corrected chi connectivity index (χ0v) is 33.9. The molecule has 0 aliphatic carbocycles. The summed E-state index contributed by atoms with van der Waals surface area (Å²) in [4.78, 5) is 73.0. The fourth-order valence-electron chi connectivity index (χ4n) is 6.42. The predicted octanol–water partition coefficient (Wildman–Crippen LogP) is 4.27. The van der Waals surface area contributed by atoms with Crippen LogP contribution in [0.15, 0.2) is 90.6 Å². The highest BCUT2D eigenvalue weighted by Crippen LogP contribution is 2.23. The topological polar surface area (TPSA) is 167 Å². The number of cyclic esters (lactones) is 1. The van der Waals surface area contributed by atoms with E-state index in [9.17, 15) is 29.1 Å². The molecule has 2 aliphatic heterocycles. The molecule has 0 saturated carbocycles. The monoisotopic (exact) mass is 775 g/mol. The van der Waals surface area contributed by atoms with Crippen LogP contribution in [0.4, 0.5) is 0 Å². The van der Waals surface area contributed by atoms with Gasteiger partial charge in [0, 0.05) is 32.5 Å². The second kappa shape index (κ2) is 23.3. The third-order valence-corrected chi connectivity index (χ3v) is 10.0. The van der Waals surface area contributed by atoms with Gasteiger partial charge in [-0.2, -0.15) is 0 Å². The Balaban J connectivity index is 2.02. The molecule has 13 nitrogen and oxygen atoms in total. The molecule has 3 rings (SSSR count). The maximum Gasteiger partial charge on any atom is 0.325 e. The molecule has 1 fully saturated rings. The average Bonchev–Trinajstić information content (AvgIpc) is 3.19. The SMILES string of the molecule is C/C=C/C[C@H]1C(=O)NC(C(C)C)C(=O)NC(Cc2ccccc2)C(=O)N2CCCC(N2)C(=O)O[C@H](/C(C)=C/C=C/C(=O)N(C)OC)C/C=C/C=C/CC(C)C1O. The van der Waals surface area contributed by atoms with E-state index in [0.717, 1.165) is 10.6 Å². The minimum absolute atomic E-state index is 0.166. The number of hydroxylamine groups is 2. The zero-order chi connectivity index (χ0) is 41.2. The summed E-state index contributed by atoms with van der Waals surface area (Å²) in [5.74, 6) is -3.81. The second-order valence-corrected chi connectivity index (χ2v) is 14.7. The van der Waals surface area contributed by atoms with E-state index in [0.29, 0.717) is 37.8 Å². The number of hydrogen-bond donors (Lipinski definition) is 4. The lowest BCUT2D eigenvalue weighted by atomic mass is 9.86. The number of carbonyl (C=O) groups excluding carboxylic acids is 5. The Hall–Kier alpha value is -4.85. The number of hydrazine groups is 1. The number of nitrogens with one attached hydrogen (secondary N) is 3. The van der Waals surface area contributed by atoms with Gasteiger partial charge in [-0.05, 0) is 62.5 Å². The Morgan fingerprint density at radius 1 is 1.07 bits per heavy atom. The third kappa shape index (κ3) is 14.0. The summed E-state index contributed by atoms with van der Waals surface area (Å²) >= 11 is 0. The van der Waals surface area contributed by atoms with Crippen LogP contribution in [0, 0.1) is 17.8 Å². The lowest BCUT2D eigenvalue weighted by molar-refractivity contribution is -0.162. The summed E-state index contributed by atoms with van der Waals surface area (Å²) in [6, 6.07) is 6.42. The number of likely N-dealkylation sites (N-methyl/N-ethyl adjacent to an activating group) is 1. The lowest BCUT2D eigenvalue weighted by Gasteiger charge is -2.36. The molecule has 1 saturated heterocycles. The van der Waals surface area contributed by atoms with Gasteiger partial charge in [0.15, 0.2) is 0 Å². The van der Waals surface area contributed by atoms with E-state index in [1.165, 1.54) is 25.2 Å². The van der Waals surface area contributed by atoms with Crippen molar-refractivity contribution in [1.29, 1.82) is 0 Å². The van der Waals surface area contributed by atoms with Gasteiger partial charge in [-0.3, -0.25) is 33.8 Å². The van der Waals surface area contributed by atoms with Crippen LogP contribution >= 0.6 is 0 Å². The standard InChI is InChI=1S/C43H61N5O8/c1-8-9-23-33-39(50)31(5)19-13-10-11-16-25-36(30(4)20-17-26-37(49)47(6)55-7)56-43(54)34-24-18-27-48(46-34)42(53)35(28-32-21-14-12-15-22-32)44-41(52)38(29(2)3)45-40(33)51/h8-17,20-22,26,29,31,33-36,38-39,46,50H,18-19,23-25,27-28H2,1-7H3,(H,44,52)(H,45,51)/b9-8+,13-10+,16-11+,26-17+,30-20+/t31?,33-,34?,35?,36+,38?,39?/m1/s1. The van der Waals surface area contributed by atoms with Gasteiger partial charge in [-0.25, -0.2) is 10.5 Å². The predicted molar refractivity (Wildman–Crippen MR) is 215 cm³/mol. The van der Waals surface area contributed by atoms with E-state index in [2.05, 4.69) is 16.1 Å².